The van der Waals surface area contributed by atoms with Gasteiger partial charge in [-0.05, 0) is 24.5 Å². The summed E-state index contributed by atoms with van der Waals surface area (Å²) in [5.41, 5.74) is 2.07. The van der Waals surface area contributed by atoms with Gasteiger partial charge in [-0.1, -0.05) is 24.3 Å². The largest absolute Gasteiger partial charge is 0.352 e. The first-order valence-electron chi connectivity index (χ1n) is 7.17. The molecule has 1 atom stereocenters. The molecule has 6 nitrogen and oxygen atoms in total. The molecule has 120 valence electrons. The van der Waals surface area contributed by atoms with Crippen LogP contribution >= 0.6 is 0 Å². The summed E-state index contributed by atoms with van der Waals surface area (Å²) in [6.45, 7) is 2.32. The third kappa shape index (κ3) is 4.84. The molecule has 0 aromatic heterocycles. The van der Waals surface area contributed by atoms with Crippen LogP contribution in [0.2, 0.25) is 0 Å². The summed E-state index contributed by atoms with van der Waals surface area (Å²) in [7, 11) is -3.04. The Labute approximate surface area is 130 Å². The van der Waals surface area contributed by atoms with Gasteiger partial charge in [-0.3, -0.25) is 9.59 Å². The van der Waals surface area contributed by atoms with Gasteiger partial charge in [0.2, 0.25) is 11.8 Å². The third-order valence-corrected chi connectivity index (χ3v) is 5.42. The van der Waals surface area contributed by atoms with Crippen molar-refractivity contribution in [3.8, 4) is 0 Å². The van der Waals surface area contributed by atoms with E-state index in [-0.39, 0.29) is 29.9 Å². The Morgan fingerprint density at radius 3 is 2.59 bits per heavy atom. The number of benzene rings is 1. The third-order valence-electron chi connectivity index (χ3n) is 3.66. The average molecular weight is 324 g/mol. The lowest BCUT2D eigenvalue weighted by atomic mass is 10.1. The quantitative estimate of drug-likeness (QED) is 0.762. The second-order valence-corrected chi connectivity index (χ2v) is 7.78. The van der Waals surface area contributed by atoms with Crippen molar-refractivity contribution in [2.24, 2.45) is 0 Å². The van der Waals surface area contributed by atoms with Gasteiger partial charge < -0.3 is 10.6 Å². The van der Waals surface area contributed by atoms with Crippen LogP contribution in [-0.4, -0.2) is 37.8 Å². The predicted octanol–water partition coefficient (Wildman–Crippen LogP) is 0.305. The lowest BCUT2D eigenvalue weighted by molar-refractivity contribution is -0.129. The highest BCUT2D eigenvalue weighted by Crippen LogP contribution is 2.11. The van der Waals surface area contributed by atoms with Crippen molar-refractivity contribution in [1.29, 1.82) is 0 Å². The minimum atomic E-state index is -3.04. The first-order chi connectivity index (χ1) is 10.4. The highest BCUT2D eigenvalue weighted by atomic mass is 32.2. The molecule has 0 saturated carbocycles. The molecule has 2 amide bonds. The van der Waals surface area contributed by atoms with Crippen molar-refractivity contribution in [3.05, 3.63) is 35.4 Å². The molecule has 1 aliphatic heterocycles. The summed E-state index contributed by atoms with van der Waals surface area (Å²) in [4.78, 5) is 23.5. The van der Waals surface area contributed by atoms with Gasteiger partial charge in [-0.25, -0.2) is 8.42 Å². The summed E-state index contributed by atoms with van der Waals surface area (Å²) in [5.74, 6) is -0.757. The zero-order valence-corrected chi connectivity index (χ0v) is 13.3. The van der Waals surface area contributed by atoms with E-state index in [0.717, 1.165) is 11.1 Å². The minimum absolute atomic E-state index is 0.0381. The van der Waals surface area contributed by atoms with E-state index >= 15 is 0 Å². The van der Waals surface area contributed by atoms with Gasteiger partial charge in [0.25, 0.3) is 0 Å². The molecule has 1 saturated heterocycles. The van der Waals surface area contributed by atoms with Gasteiger partial charge in [0.15, 0.2) is 9.84 Å². The van der Waals surface area contributed by atoms with E-state index in [1.807, 2.05) is 31.2 Å². The molecule has 1 fully saturated rings. The molecule has 0 spiro atoms. The fourth-order valence-corrected chi connectivity index (χ4v) is 4.07. The minimum Gasteiger partial charge on any atom is -0.352 e. The number of amides is 2. The molecule has 2 N–H and O–H groups in total. The number of nitrogens with one attached hydrogen (secondary N) is 2. The van der Waals surface area contributed by atoms with Crippen LogP contribution in [0.1, 0.15) is 24.0 Å². The Kier molecular flexibility index (Phi) is 5.18. The van der Waals surface area contributed by atoms with Crippen molar-refractivity contribution in [2.75, 3.05) is 11.5 Å². The van der Waals surface area contributed by atoms with Gasteiger partial charge >= 0.3 is 0 Å². The summed E-state index contributed by atoms with van der Waals surface area (Å²) < 4.78 is 22.6. The maximum Gasteiger partial charge on any atom is 0.229 e. The van der Waals surface area contributed by atoms with E-state index in [4.69, 9.17) is 0 Å². The monoisotopic (exact) mass is 324 g/mol. The predicted molar refractivity (Wildman–Crippen MR) is 82.8 cm³/mol. The van der Waals surface area contributed by atoms with Crippen molar-refractivity contribution in [3.63, 3.8) is 0 Å². The first kappa shape index (κ1) is 16.5. The fraction of sp³-hybridized carbons (Fsp3) is 0.467. The van der Waals surface area contributed by atoms with Crippen LogP contribution in [0.25, 0.3) is 0 Å². The van der Waals surface area contributed by atoms with Crippen LogP contribution < -0.4 is 10.6 Å². The van der Waals surface area contributed by atoms with E-state index in [1.54, 1.807) is 0 Å². The normalized spacial score (nSPS) is 19.6. The summed E-state index contributed by atoms with van der Waals surface area (Å²) in [6, 6.07) is 7.31. The average Bonchev–Trinajstić information content (AvgIpc) is 2.76. The van der Waals surface area contributed by atoms with Crippen molar-refractivity contribution < 1.29 is 18.0 Å². The molecule has 22 heavy (non-hydrogen) atoms. The second kappa shape index (κ2) is 6.91. The van der Waals surface area contributed by atoms with E-state index < -0.39 is 15.7 Å². The molecule has 1 aliphatic rings. The molecule has 0 radical (unpaired) electrons. The molecule has 1 heterocycles. The zero-order chi connectivity index (χ0) is 16.2. The van der Waals surface area contributed by atoms with Crippen LogP contribution in [0.5, 0.6) is 0 Å². The smallest absolute Gasteiger partial charge is 0.229 e. The Morgan fingerprint density at radius 2 is 1.95 bits per heavy atom. The number of hydrogen-bond acceptors (Lipinski definition) is 4. The number of carbonyl (C=O) groups is 2. The van der Waals surface area contributed by atoms with Crippen LogP contribution in [0.3, 0.4) is 0 Å². The first-order valence-corrected chi connectivity index (χ1v) is 8.99. The molecular formula is C15H20N2O4S. The van der Waals surface area contributed by atoms with Crippen molar-refractivity contribution in [2.45, 2.75) is 32.4 Å². The van der Waals surface area contributed by atoms with Gasteiger partial charge in [0.05, 0.1) is 11.5 Å². The highest BCUT2D eigenvalue weighted by molar-refractivity contribution is 7.91. The standard InChI is InChI=1S/C15H20N2O4S/c1-11-4-2-3-5-12(11)9-16-14(18)8-15(19)17-13-6-7-22(20,21)10-13/h2-5,13H,6-10H2,1H3,(H,16,18)(H,17,19). The highest BCUT2D eigenvalue weighted by Gasteiger charge is 2.29. The molecule has 1 aromatic rings. The second-order valence-electron chi connectivity index (χ2n) is 5.55. The SMILES string of the molecule is Cc1ccccc1CNC(=O)CC(=O)NC1CCS(=O)(=O)C1. The van der Waals surface area contributed by atoms with E-state index in [1.165, 1.54) is 0 Å². The maximum atomic E-state index is 11.7. The van der Waals surface area contributed by atoms with Gasteiger partial charge in [-0.2, -0.15) is 0 Å². The molecule has 7 heteroatoms. The van der Waals surface area contributed by atoms with Gasteiger partial charge in [0, 0.05) is 12.6 Å². The fourth-order valence-electron chi connectivity index (χ4n) is 2.40. The molecule has 0 bridgehead atoms. The van der Waals surface area contributed by atoms with E-state index in [9.17, 15) is 18.0 Å². The summed E-state index contributed by atoms with van der Waals surface area (Å²) >= 11 is 0. The molecule has 2 rings (SSSR count). The maximum absolute atomic E-state index is 11.7. The zero-order valence-electron chi connectivity index (χ0n) is 12.5. The Bertz CT molecular complexity index is 670. The Balaban J connectivity index is 1.75. The number of aryl methyl sites for hydroxylation is 1. The van der Waals surface area contributed by atoms with Crippen LogP contribution in [0.15, 0.2) is 24.3 Å². The van der Waals surface area contributed by atoms with Crippen LogP contribution in [0.4, 0.5) is 0 Å². The summed E-state index contributed by atoms with van der Waals surface area (Å²) in [6.07, 6.45) is 0.126. The lowest BCUT2D eigenvalue weighted by Gasteiger charge is -2.11. The molecule has 1 aromatic carbocycles. The van der Waals surface area contributed by atoms with E-state index in [2.05, 4.69) is 10.6 Å². The number of carbonyl (C=O) groups excluding carboxylic acids is 2. The Hall–Kier alpha value is -1.89. The lowest BCUT2D eigenvalue weighted by Crippen LogP contribution is -2.38. The molecule has 0 aliphatic carbocycles. The molecular weight excluding hydrogens is 304 g/mol. The van der Waals surface area contributed by atoms with Crippen molar-refractivity contribution in [1.82, 2.24) is 10.6 Å². The number of sulfone groups is 1. The molecule has 1 unspecified atom stereocenters. The summed E-state index contributed by atoms with van der Waals surface area (Å²) in [5, 5.41) is 5.29. The Morgan fingerprint density at radius 1 is 1.23 bits per heavy atom. The van der Waals surface area contributed by atoms with Gasteiger partial charge in [-0.15, -0.1) is 0 Å². The van der Waals surface area contributed by atoms with Gasteiger partial charge in [0.1, 0.15) is 6.42 Å². The van der Waals surface area contributed by atoms with Crippen LogP contribution in [0, 0.1) is 6.92 Å². The van der Waals surface area contributed by atoms with E-state index in [0.29, 0.717) is 13.0 Å². The van der Waals surface area contributed by atoms with Crippen LogP contribution in [-0.2, 0) is 26.0 Å². The van der Waals surface area contributed by atoms with Crippen molar-refractivity contribution >= 4 is 21.7 Å². The number of hydrogen-bond donors (Lipinski definition) is 2. The topological polar surface area (TPSA) is 92.3 Å². The number of rotatable bonds is 5.